The van der Waals surface area contributed by atoms with E-state index in [4.69, 9.17) is 5.73 Å². The quantitative estimate of drug-likeness (QED) is 0.656. The van der Waals surface area contributed by atoms with Crippen molar-refractivity contribution in [3.8, 4) is 11.3 Å². The fourth-order valence-electron chi connectivity index (χ4n) is 2.99. The van der Waals surface area contributed by atoms with Gasteiger partial charge in [0.05, 0.1) is 22.9 Å². The minimum atomic E-state index is -0.277. The van der Waals surface area contributed by atoms with Gasteiger partial charge in [0.2, 0.25) is 5.95 Å². The molecule has 0 aliphatic carbocycles. The van der Waals surface area contributed by atoms with Crippen LogP contribution in [0.2, 0.25) is 0 Å². The predicted octanol–water partition coefficient (Wildman–Crippen LogP) is 1.17. The van der Waals surface area contributed by atoms with Crippen LogP contribution in [0.4, 0.5) is 11.6 Å². The van der Waals surface area contributed by atoms with Gasteiger partial charge in [-0.2, -0.15) is 0 Å². The van der Waals surface area contributed by atoms with Crippen molar-refractivity contribution in [3.05, 3.63) is 30.7 Å². The van der Waals surface area contributed by atoms with Crippen LogP contribution in [0.3, 0.4) is 0 Å². The third-order valence-corrected chi connectivity index (χ3v) is 4.01. The maximum atomic E-state index is 9.80. The number of pyridine rings is 1. The second-order valence-electron chi connectivity index (χ2n) is 5.44. The van der Waals surface area contributed by atoms with Gasteiger partial charge in [0, 0.05) is 37.2 Å². The monoisotopic (exact) mass is 296 g/mol. The number of aromatic amines is 1. The Bertz CT molecular complexity index is 830. The number of nitrogens with two attached hydrogens (primary N) is 1. The van der Waals surface area contributed by atoms with Gasteiger partial charge in [0.25, 0.3) is 0 Å². The zero-order chi connectivity index (χ0) is 15.1. The van der Waals surface area contributed by atoms with E-state index in [9.17, 15) is 5.11 Å². The SMILES string of the molecule is Nc1nccc(-c2c[nH]c3nccc(N4CC[C@@H](O)C4)c23)n1. The van der Waals surface area contributed by atoms with Gasteiger partial charge < -0.3 is 20.7 Å². The molecule has 1 aliphatic rings. The van der Waals surface area contributed by atoms with E-state index in [-0.39, 0.29) is 12.1 Å². The van der Waals surface area contributed by atoms with E-state index in [1.165, 1.54) is 0 Å². The molecule has 4 rings (SSSR count). The van der Waals surface area contributed by atoms with E-state index in [0.717, 1.165) is 40.9 Å². The molecule has 0 spiro atoms. The lowest BCUT2D eigenvalue weighted by molar-refractivity contribution is 0.198. The van der Waals surface area contributed by atoms with Crippen LogP contribution in [0.25, 0.3) is 22.3 Å². The van der Waals surface area contributed by atoms with Crippen LogP contribution in [0.5, 0.6) is 0 Å². The lowest BCUT2D eigenvalue weighted by atomic mass is 10.1. The highest BCUT2D eigenvalue weighted by Crippen LogP contribution is 2.35. The van der Waals surface area contributed by atoms with E-state index in [2.05, 4.69) is 24.8 Å². The minimum absolute atomic E-state index is 0.244. The summed E-state index contributed by atoms with van der Waals surface area (Å²) in [5.41, 5.74) is 9.24. The Morgan fingerprint density at radius 2 is 2.14 bits per heavy atom. The van der Waals surface area contributed by atoms with Crippen LogP contribution >= 0.6 is 0 Å². The number of rotatable bonds is 2. The Morgan fingerprint density at radius 1 is 1.27 bits per heavy atom. The number of aliphatic hydroxyl groups excluding tert-OH is 1. The van der Waals surface area contributed by atoms with E-state index in [1.807, 2.05) is 18.3 Å². The zero-order valence-corrected chi connectivity index (χ0v) is 11.9. The number of aromatic nitrogens is 4. The fourth-order valence-corrected chi connectivity index (χ4v) is 2.99. The summed E-state index contributed by atoms with van der Waals surface area (Å²) in [5.74, 6) is 0.244. The van der Waals surface area contributed by atoms with Crippen LogP contribution in [0.1, 0.15) is 6.42 Å². The summed E-state index contributed by atoms with van der Waals surface area (Å²) >= 11 is 0. The molecule has 3 aromatic rings. The summed E-state index contributed by atoms with van der Waals surface area (Å²) in [5, 5.41) is 10.8. The third-order valence-electron chi connectivity index (χ3n) is 4.01. The first-order valence-corrected chi connectivity index (χ1v) is 7.20. The van der Waals surface area contributed by atoms with Crippen molar-refractivity contribution >= 4 is 22.7 Å². The molecule has 0 unspecified atom stereocenters. The number of nitrogens with zero attached hydrogens (tertiary/aromatic N) is 4. The summed E-state index contributed by atoms with van der Waals surface area (Å²) in [6.07, 6.45) is 5.81. The van der Waals surface area contributed by atoms with Crippen molar-refractivity contribution in [2.75, 3.05) is 23.7 Å². The maximum absolute atomic E-state index is 9.80. The second kappa shape index (κ2) is 4.96. The van der Waals surface area contributed by atoms with Crippen molar-refractivity contribution < 1.29 is 5.11 Å². The molecule has 3 aromatic heterocycles. The average molecular weight is 296 g/mol. The number of aliphatic hydroxyl groups is 1. The van der Waals surface area contributed by atoms with E-state index in [1.54, 1.807) is 12.4 Å². The first-order chi connectivity index (χ1) is 10.7. The number of β-amino-alcohol motifs (C(OH)–C–C–N with tert-alkyl or cyclic N) is 1. The molecule has 1 aliphatic heterocycles. The minimum Gasteiger partial charge on any atom is -0.391 e. The number of nitrogen functional groups attached to an aromatic ring is 1. The first kappa shape index (κ1) is 13.0. The van der Waals surface area contributed by atoms with Gasteiger partial charge in [-0.05, 0) is 18.6 Å². The lowest BCUT2D eigenvalue weighted by Gasteiger charge is -2.19. The topological polar surface area (TPSA) is 104 Å². The van der Waals surface area contributed by atoms with E-state index >= 15 is 0 Å². The van der Waals surface area contributed by atoms with Crippen molar-refractivity contribution in [2.24, 2.45) is 0 Å². The molecular formula is C15H16N6O. The molecule has 7 nitrogen and oxygen atoms in total. The first-order valence-electron chi connectivity index (χ1n) is 7.20. The second-order valence-corrected chi connectivity index (χ2v) is 5.44. The van der Waals surface area contributed by atoms with Gasteiger partial charge >= 0.3 is 0 Å². The number of hydrogen-bond donors (Lipinski definition) is 3. The standard InChI is InChI=1S/C15H16N6O/c16-15-18-4-1-11(20-15)10-7-19-14-13(10)12(2-5-17-14)21-6-3-9(22)8-21/h1-2,4-5,7,9,22H,3,6,8H2,(H,17,19)(H2,16,18,20)/t9-/m1/s1. The maximum Gasteiger partial charge on any atom is 0.220 e. The van der Waals surface area contributed by atoms with Crippen molar-refractivity contribution in [3.63, 3.8) is 0 Å². The number of hydrogen-bond acceptors (Lipinski definition) is 6. The molecule has 1 atom stereocenters. The summed E-state index contributed by atoms with van der Waals surface area (Å²) in [6.45, 7) is 1.46. The molecule has 7 heteroatoms. The molecule has 112 valence electrons. The van der Waals surface area contributed by atoms with Gasteiger partial charge in [0.15, 0.2) is 0 Å². The third kappa shape index (κ3) is 2.06. The van der Waals surface area contributed by atoms with Crippen LogP contribution in [-0.4, -0.2) is 44.2 Å². The van der Waals surface area contributed by atoms with E-state index < -0.39 is 0 Å². The van der Waals surface area contributed by atoms with Gasteiger partial charge in [-0.3, -0.25) is 0 Å². The van der Waals surface area contributed by atoms with Crippen LogP contribution < -0.4 is 10.6 Å². The normalized spacial score (nSPS) is 18.2. The fraction of sp³-hybridized carbons (Fsp3) is 0.267. The summed E-state index contributed by atoms with van der Waals surface area (Å²) in [7, 11) is 0. The Labute approximate surface area is 126 Å². The highest BCUT2D eigenvalue weighted by atomic mass is 16.3. The molecular weight excluding hydrogens is 280 g/mol. The molecule has 0 saturated carbocycles. The molecule has 0 aromatic carbocycles. The van der Waals surface area contributed by atoms with Gasteiger partial charge in [0.1, 0.15) is 5.65 Å². The van der Waals surface area contributed by atoms with Crippen LogP contribution in [0, 0.1) is 0 Å². The van der Waals surface area contributed by atoms with Crippen molar-refractivity contribution in [1.82, 2.24) is 19.9 Å². The van der Waals surface area contributed by atoms with Gasteiger partial charge in [-0.1, -0.05) is 0 Å². The average Bonchev–Trinajstić information content (AvgIpc) is 3.13. The Morgan fingerprint density at radius 3 is 2.91 bits per heavy atom. The largest absolute Gasteiger partial charge is 0.391 e. The Kier molecular flexibility index (Phi) is 2.93. The van der Waals surface area contributed by atoms with E-state index in [0.29, 0.717) is 6.54 Å². The smallest absolute Gasteiger partial charge is 0.220 e. The van der Waals surface area contributed by atoms with Crippen molar-refractivity contribution in [2.45, 2.75) is 12.5 Å². The Hall–Kier alpha value is -2.67. The predicted molar refractivity (Wildman–Crippen MR) is 84.4 cm³/mol. The van der Waals surface area contributed by atoms with Crippen LogP contribution in [0.15, 0.2) is 30.7 Å². The van der Waals surface area contributed by atoms with Crippen LogP contribution in [-0.2, 0) is 0 Å². The number of anilines is 2. The molecule has 4 N–H and O–H groups in total. The Balaban J connectivity index is 1.90. The summed E-state index contributed by atoms with van der Waals surface area (Å²) < 4.78 is 0. The molecule has 0 radical (unpaired) electrons. The highest BCUT2D eigenvalue weighted by Gasteiger charge is 2.24. The van der Waals surface area contributed by atoms with Crippen molar-refractivity contribution in [1.29, 1.82) is 0 Å². The number of nitrogens with one attached hydrogen (secondary N) is 1. The molecule has 1 fully saturated rings. The lowest BCUT2D eigenvalue weighted by Crippen LogP contribution is -2.21. The van der Waals surface area contributed by atoms with Gasteiger partial charge in [-0.25, -0.2) is 15.0 Å². The number of H-pyrrole nitrogens is 1. The van der Waals surface area contributed by atoms with Gasteiger partial charge in [-0.15, -0.1) is 0 Å². The number of fused-ring (bicyclic) bond motifs is 1. The highest BCUT2D eigenvalue weighted by molar-refractivity contribution is 6.02. The molecule has 22 heavy (non-hydrogen) atoms. The summed E-state index contributed by atoms with van der Waals surface area (Å²) in [4.78, 5) is 18.0. The molecule has 1 saturated heterocycles. The molecule has 0 amide bonds. The molecule has 0 bridgehead atoms. The molecule has 4 heterocycles. The zero-order valence-electron chi connectivity index (χ0n) is 11.9. The summed E-state index contributed by atoms with van der Waals surface area (Å²) in [6, 6.07) is 3.80.